The molecule has 18 heavy (non-hydrogen) atoms. The summed E-state index contributed by atoms with van der Waals surface area (Å²) in [5.41, 5.74) is 1.28. The molecule has 1 aromatic heterocycles. The Hall–Kier alpha value is -0.830. The van der Waals surface area contributed by atoms with Crippen molar-refractivity contribution in [1.29, 1.82) is 0 Å². The van der Waals surface area contributed by atoms with Crippen LogP contribution in [0.2, 0.25) is 5.15 Å². The van der Waals surface area contributed by atoms with Gasteiger partial charge in [0.15, 0.2) is 0 Å². The first kappa shape index (κ1) is 13.6. The highest BCUT2D eigenvalue weighted by Crippen LogP contribution is 2.39. The van der Waals surface area contributed by atoms with Crippen LogP contribution in [0, 0.1) is 12.3 Å². The summed E-state index contributed by atoms with van der Waals surface area (Å²) < 4.78 is 0. The van der Waals surface area contributed by atoms with Gasteiger partial charge in [0.2, 0.25) is 0 Å². The van der Waals surface area contributed by atoms with Gasteiger partial charge in [0.1, 0.15) is 16.8 Å². The monoisotopic (exact) mass is 267 g/mol. The van der Waals surface area contributed by atoms with E-state index in [-0.39, 0.29) is 0 Å². The van der Waals surface area contributed by atoms with Crippen LogP contribution in [0.1, 0.15) is 57.3 Å². The minimum Gasteiger partial charge on any atom is -0.370 e. The van der Waals surface area contributed by atoms with Crippen molar-refractivity contribution < 1.29 is 0 Å². The van der Waals surface area contributed by atoms with Gasteiger partial charge in [-0.25, -0.2) is 9.97 Å². The fourth-order valence-electron chi connectivity index (χ4n) is 1.76. The zero-order valence-electron chi connectivity index (χ0n) is 11.7. The van der Waals surface area contributed by atoms with Gasteiger partial charge in [0.05, 0.1) is 0 Å². The number of anilines is 1. The fourth-order valence-corrected chi connectivity index (χ4v) is 1.93. The Kier molecular flexibility index (Phi) is 3.81. The zero-order chi connectivity index (χ0) is 13.3. The molecule has 1 aliphatic carbocycles. The van der Waals surface area contributed by atoms with E-state index in [1.165, 1.54) is 12.8 Å². The highest BCUT2D eigenvalue weighted by atomic mass is 35.5. The lowest BCUT2D eigenvalue weighted by molar-refractivity contribution is 0.389. The Bertz CT molecular complexity index is 433. The molecular formula is C14H22ClN3. The van der Waals surface area contributed by atoms with Gasteiger partial charge < -0.3 is 5.32 Å². The molecule has 2 rings (SSSR count). The van der Waals surface area contributed by atoms with Crippen molar-refractivity contribution in [1.82, 2.24) is 9.97 Å². The number of aromatic nitrogens is 2. The highest BCUT2D eigenvalue weighted by molar-refractivity contribution is 6.30. The zero-order valence-corrected chi connectivity index (χ0v) is 12.4. The van der Waals surface area contributed by atoms with Crippen LogP contribution in [0.5, 0.6) is 0 Å². The van der Waals surface area contributed by atoms with E-state index in [1.54, 1.807) is 0 Å². The summed E-state index contributed by atoms with van der Waals surface area (Å²) in [5.74, 6) is 2.34. The van der Waals surface area contributed by atoms with E-state index in [0.29, 0.717) is 16.5 Å². The molecule has 4 heteroatoms. The average Bonchev–Trinajstić information content (AvgIpc) is 3.05. The van der Waals surface area contributed by atoms with E-state index in [9.17, 15) is 0 Å². The Morgan fingerprint density at radius 3 is 2.50 bits per heavy atom. The van der Waals surface area contributed by atoms with Gasteiger partial charge in [-0.3, -0.25) is 0 Å². The maximum absolute atomic E-state index is 6.17. The van der Waals surface area contributed by atoms with Crippen LogP contribution in [0.3, 0.4) is 0 Å². The summed E-state index contributed by atoms with van der Waals surface area (Å²) in [7, 11) is 0. The van der Waals surface area contributed by atoms with Crippen LogP contribution in [0.4, 0.5) is 5.82 Å². The van der Waals surface area contributed by atoms with Crippen LogP contribution >= 0.6 is 11.6 Å². The van der Waals surface area contributed by atoms with Gasteiger partial charge in [0, 0.05) is 18.0 Å². The normalized spacial score (nSPS) is 15.8. The third kappa shape index (κ3) is 3.58. The molecule has 0 bridgehead atoms. The summed E-state index contributed by atoms with van der Waals surface area (Å²) >= 11 is 6.17. The molecule has 0 amide bonds. The molecule has 100 valence electrons. The topological polar surface area (TPSA) is 37.8 Å². The van der Waals surface area contributed by atoms with E-state index in [0.717, 1.165) is 30.2 Å². The lowest BCUT2D eigenvalue weighted by Crippen LogP contribution is -2.15. The molecule has 0 atom stereocenters. The first-order chi connectivity index (χ1) is 8.37. The Balaban J connectivity index is 2.06. The van der Waals surface area contributed by atoms with E-state index < -0.39 is 0 Å². The predicted octanol–water partition coefficient (Wildman–Crippen LogP) is 4.16. The van der Waals surface area contributed by atoms with Crippen LogP contribution < -0.4 is 5.32 Å². The third-order valence-electron chi connectivity index (χ3n) is 3.21. The molecular weight excluding hydrogens is 246 g/mol. The molecule has 1 fully saturated rings. The molecule has 1 saturated carbocycles. The minimum absolute atomic E-state index is 0.330. The molecule has 1 heterocycles. The number of nitrogens with zero attached hydrogens (tertiary/aromatic N) is 2. The smallest absolute Gasteiger partial charge is 0.137 e. The number of nitrogens with one attached hydrogen (secondary N) is 1. The molecule has 0 unspecified atom stereocenters. The number of hydrogen-bond donors (Lipinski definition) is 1. The first-order valence-electron chi connectivity index (χ1n) is 6.65. The standard InChI is InChI=1S/C14H22ClN3/c1-9-11(15)17-13(10-5-6-10)18-12(9)16-8-7-14(2,3)4/h10H,5-8H2,1-4H3,(H,16,17,18). The largest absolute Gasteiger partial charge is 0.370 e. The quantitative estimate of drug-likeness (QED) is 0.833. The second kappa shape index (κ2) is 5.04. The number of halogens is 1. The maximum atomic E-state index is 6.17. The second-order valence-corrected chi connectivity index (χ2v) is 6.72. The molecule has 1 aromatic rings. The van der Waals surface area contributed by atoms with E-state index in [2.05, 4.69) is 36.1 Å². The lowest BCUT2D eigenvalue weighted by Gasteiger charge is -2.19. The van der Waals surface area contributed by atoms with Gasteiger partial charge in [-0.1, -0.05) is 32.4 Å². The van der Waals surface area contributed by atoms with E-state index >= 15 is 0 Å². The molecule has 0 saturated heterocycles. The number of hydrogen-bond acceptors (Lipinski definition) is 3. The van der Waals surface area contributed by atoms with Gasteiger partial charge in [0.25, 0.3) is 0 Å². The summed E-state index contributed by atoms with van der Waals surface area (Å²) in [6, 6.07) is 0. The molecule has 1 N–H and O–H groups in total. The maximum Gasteiger partial charge on any atom is 0.137 e. The van der Waals surface area contributed by atoms with Crippen molar-refractivity contribution in [2.45, 2.75) is 52.9 Å². The van der Waals surface area contributed by atoms with Crippen LogP contribution in [-0.2, 0) is 0 Å². The van der Waals surface area contributed by atoms with Crippen molar-refractivity contribution in [3.8, 4) is 0 Å². The van der Waals surface area contributed by atoms with Crippen LogP contribution in [-0.4, -0.2) is 16.5 Å². The predicted molar refractivity (Wildman–Crippen MR) is 76.3 cm³/mol. The van der Waals surface area contributed by atoms with Crippen molar-refractivity contribution in [2.75, 3.05) is 11.9 Å². The second-order valence-electron chi connectivity index (χ2n) is 6.36. The molecule has 0 radical (unpaired) electrons. The van der Waals surface area contributed by atoms with Gasteiger partial charge in [-0.15, -0.1) is 0 Å². The van der Waals surface area contributed by atoms with Crippen molar-refractivity contribution >= 4 is 17.4 Å². The van der Waals surface area contributed by atoms with Crippen molar-refractivity contribution in [3.05, 3.63) is 16.5 Å². The van der Waals surface area contributed by atoms with Crippen LogP contribution in [0.25, 0.3) is 0 Å². The average molecular weight is 268 g/mol. The molecule has 0 aliphatic heterocycles. The lowest BCUT2D eigenvalue weighted by atomic mass is 9.92. The van der Waals surface area contributed by atoms with Crippen LogP contribution in [0.15, 0.2) is 0 Å². The molecule has 3 nitrogen and oxygen atoms in total. The minimum atomic E-state index is 0.330. The summed E-state index contributed by atoms with van der Waals surface area (Å²) in [4.78, 5) is 8.97. The van der Waals surface area contributed by atoms with Gasteiger partial charge in [-0.2, -0.15) is 0 Å². The summed E-state index contributed by atoms with van der Waals surface area (Å²) in [6.07, 6.45) is 3.49. The number of rotatable bonds is 4. The van der Waals surface area contributed by atoms with E-state index in [4.69, 9.17) is 11.6 Å². The Morgan fingerprint density at radius 1 is 1.28 bits per heavy atom. The van der Waals surface area contributed by atoms with Gasteiger partial charge >= 0.3 is 0 Å². The first-order valence-corrected chi connectivity index (χ1v) is 7.02. The third-order valence-corrected chi connectivity index (χ3v) is 3.58. The summed E-state index contributed by atoms with van der Waals surface area (Å²) in [5, 5.41) is 3.99. The van der Waals surface area contributed by atoms with E-state index in [1.807, 2.05) is 6.92 Å². The molecule has 0 aromatic carbocycles. The molecule has 0 spiro atoms. The highest BCUT2D eigenvalue weighted by Gasteiger charge is 2.28. The van der Waals surface area contributed by atoms with Crippen molar-refractivity contribution in [3.63, 3.8) is 0 Å². The molecule has 1 aliphatic rings. The van der Waals surface area contributed by atoms with Crippen molar-refractivity contribution in [2.24, 2.45) is 5.41 Å². The Morgan fingerprint density at radius 2 is 1.94 bits per heavy atom. The Labute approximate surface area is 114 Å². The summed E-state index contributed by atoms with van der Waals surface area (Å²) in [6.45, 7) is 9.61. The fraction of sp³-hybridized carbons (Fsp3) is 0.714. The SMILES string of the molecule is Cc1c(Cl)nc(C2CC2)nc1NCCC(C)(C)C. The van der Waals surface area contributed by atoms with Gasteiger partial charge in [-0.05, 0) is 31.6 Å².